The minimum Gasteiger partial charge on any atom is -0.354 e. The molecule has 0 radical (unpaired) electrons. The van der Waals surface area contributed by atoms with Gasteiger partial charge in [-0.2, -0.15) is 0 Å². The topological polar surface area (TPSA) is 83.4 Å². The molecule has 7 nitrogen and oxygen atoms in total. The molecule has 1 aromatic heterocycles. The number of benzene rings is 4. The van der Waals surface area contributed by atoms with E-state index in [4.69, 9.17) is 0 Å². The van der Waals surface area contributed by atoms with Crippen molar-refractivity contribution in [2.24, 2.45) is 0 Å². The summed E-state index contributed by atoms with van der Waals surface area (Å²) in [4.78, 5) is 45.5. The Kier molecular flexibility index (Phi) is 12.5. The summed E-state index contributed by atoms with van der Waals surface area (Å²) in [5.74, 6) is -0.732. The van der Waals surface area contributed by atoms with E-state index in [1.165, 1.54) is 30.6 Å². The molecule has 2 N–H and O–H groups in total. The Morgan fingerprint density at radius 2 is 1.00 bits per heavy atom. The van der Waals surface area contributed by atoms with Gasteiger partial charge in [0.15, 0.2) is 0 Å². The highest BCUT2D eigenvalue weighted by Crippen LogP contribution is 2.49. The maximum atomic E-state index is 14.9. The number of rotatable bonds is 18. The Hall–Kier alpha value is -3.95. The number of imide groups is 1. The molecule has 272 valence electrons. The van der Waals surface area contributed by atoms with Gasteiger partial charge < -0.3 is 15.2 Å². The average molecular weight is 829 g/mol. The van der Waals surface area contributed by atoms with Crippen LogP contribution in [-0.2, 0) is 6.54 Å². The smallest absolute Gasteiger partial charge is 0.262 e. The van der Waals surface area contributed by atoms with E-state index in [1.807, 2.05) is 60.7 Å². The van der Waals surface area contributed by atoms with Crippen molar-refractivity contribution in [3.8, 4) is 0 Å². The summed E-state index contributed by atoms with van der Waals surface area (Å²) in [5.41, 5.74) is 3.28. The molecule has 2 heterocycles. The highest BCUT2D eigenvalue weighted by Gasteiger charge is 2.40. The van der Waals surface area contributed by atoms with E-state index in [0.717, 1.165) is 62.7 Å². The second-order valence-electron chi connectivity index (χ2n) is 13.8. The standard InChI is InChI=1S/C43H48Br2N4O3/c1-4-6-8-10-12-20-26-48-28(3)31-32-33-34(37(44)39(31)46-29-22-16-14-17-23-29)41(50)49(27-21-13-11-9-7-5-2)42(51)35(33)38(45)40(36(32)43(48)52)47-30-24-18-15-19-25-30/h14-19,22-25,46-47H,3-13,20-21,26-27H2,1-2H3. The van der Waals surface area contributed by atoms with Gasteiger partial charge in [-0.1, -0.05) is 121 Å². The van der Waals surface area contributed by atoms with Crippen LogP contribution in [-0.4, -0.2) is 27.8 Å². The van der Waals surface area contributed by atoms with Crippen LogP contribution in [0, 0.1) is 0 Å². The fourth-order valence-electron chi connectivity index (χ4n) is 7.45. The molecule has 2 amide bonds. The monoisotopic (exact) mass is 826 g/mol. The zero-order valence-corrected chi connectivity index (χ0v) is 33.4. The van der Waals surface area contributed by atoms with Crippen molar-refractivity contribution in [3.05, 3.63) is 96.4 Å². The summed E-state index contributed by atoms with van der Waals surface area (Å²) in [6, 6.07) is 19.4. The maximum Gasteiger partial charge on any atom is 0.262 e. The number of pyridine rings is 1. The molecule has 0 bridgehead atoms. The van der Waals surface area contributed by atoms with E-state index in [2.05, 4.69) is 62.9 Å². The third-order valence-corrected chi connectivity index (χ3v) is 11.8. The second kappa shape index (κ2) is 17.3. The van der Waals surface area contributed by atoms with E-state index >= 15 is 0 Å². The van der Waals surface area contributed by atoms with E-state index in [-0.39, 0.29) is 17.4 Å². The van der Waals surface area contributed by atoms with Crippen LogP contribution in [0.25, 0.3) is 28.1 Å². The van der Waals surface area contributed by atoms with Crippen LogP contribution in [0.4, 0.5) is 22.7 Å². The van der Waals surface area contributed by atoms with Crippen LogP contribution in [0.15, 0.2) is 74.4 Å². The number of para-hydroxylation sites is 2. The second-order valence-corrected chi connectivity index (χ2v) is 15.4. The first kappa shape index (κ1) is 37.8. The molecule has 0 spiro atoms. The average Bonchev–Trinajstić information content (AvgIpc) is 3.14. The van der Waals surface area contributed by atoms with E-state index in [9.17, 15) is 14.4 Å². The molecule has 1 aliphatic rings. The largest absolute Gasteiger partial charge is 0.354 e. The van der Waals surface area contributed by atoms with Crippen LogP contribution >= 0.6 is 31.9 Å². The highest BCUT2D eigenvalue weighted by molar-refractivity contribution is 9.11. The first-order chi connectivity index (χ1) is 25.3. The SMILES string of the molecule is C=c1c2c(Nc3ccccc3)c(Br)c3c4c(c(Br)c(Nc5ccccc5)c(c(=O)n1CCCCCCCC)c42)C(=O)N(CCCCCCCC)C3=O. The van der Waals surface area contributed by atoms with Crippen LogP contribution in [0.5, 0.6) is 0 Å². The molecule has 0 fully saturated rings. The molecular weight excluding hydrogens is 780 g/mol. The molecular formula is C43H48Br2N4O3. The summed E-state index contributed by atoms with van der Waals surface area (Å²) in [7, 11) is 0. The quantitative estimate of drug-likeness (QED) is 0.0679. The van der Waals surface area contributed by atoms with Gasteiger partial charge in [0.05, 0.1) is 36.8 Å². The van der Waals surface area contributed by atoms with Crippen LogP contribution in [0.3, 0.4) is 0 Å². The zero-order chi connectivity index (χ0) is 36.8. The minimum absolute atomic E-state index is 0.204. The normalized spacial score (nSPS) is 12.7. The predicted molar refractivity (Wildman–Crippen MR) is 223 cm³/mol. The van der Waals surface area contributed by atoms with Gasteiger partial charge in [0.25, 0.3) is 17.4 Å². The number of amides is 2. The summed E-state index contributed by atoms with van der Waals surface area (Å²) in [6.07, 6.45) is 12.7. The molecule has 0 aliphatic carbocycles. The minimum atomic E-state index is -0.366. The van der Waals surface area contributed by atoms with Crippen LogP contribution in [0.1, 0.15) is 112 Å². The summed E-state index contributed by atoms with van der Waals surface area (Å²) < 4.78 is 2.79. The molecule has 4 aromatic carbocycles. The lowest BCUT2D eigenvalue weighted by Crippen LogP contribution is -2.42. The molecule has 6 rings (SSSR count). The molecule has 9 heteroatoms. The fourth-order valence-corrected chi connectivity index (χ4v) is 8.78. The van der Waals surface area contributed by atoms with Crippen molar-refractivity contribution in [2.45, 2.75) is 97.4 Å². The van der Waals surface area contributed by atoms with Gasteiger partial charge in [-0.25, -0.2) is 0 Å². The number of carbonyl (C=O) groups is 2. The number of carbonyl (C=O) groups excluding carboxylic acids is 2. The molecule has 0 unspecified atom stereocenters. The van der Waals surface area contributed by atoms with Crippen molar-refractivity contribution in [2.75, 3.05) is 17.2 Å². The van der Waals surface area contributed by atoms with Crippen LogP contribution < -0.4 is 21.5 Å². The van der Waals surface area contributed by atoms with Crippen LogP contribution in [0.2, 0.25) is 0 Å². The third kappa shape index (κ3) is 7.44. The Morgan fingerprint density at radius 3 is 1.50 bits per heavy atom. The summed E-state index contributed by atoms with van der Waals surface area (Å²) in [6.45, 7) is 9.75. The Balaban J connectivity index is 1.62. The van der Waals surface area contributed by atoms with Gasteiger partial charge in [0.2, 0.25) is 0 Å². The van der Waals surface area contributed by atoms with Crippen molar-refractivity contribution in [1.82, 2.24) is 9.47 Å². The molecule has 0 saturated heterocycles. The van der Waals surface area contributed by atoms with Gasteiger partial charge in [-0.05, 0) is 69.0 Å². The number of aromatic nitrogens is 1. The summed E-state index contributed by atoms with van der Waals surface area (Å²) in [5, 5.41) is 9.79. The lowest BCUT2D eigenvalue weighted by Gasteiger charge is -2.32. The van der Waals surface area contributed by atoms with Gasteiger partial charge in [-0.15, -0.1) is 0 Å². The van der Waals surface area contributed by atoms with Gasteiger partial charge in [0.1, 0.15) is 0 Å². The zero-order valence-electron chi connectivity index (χ0n) is 30.3. The number of nitrogens with one attached hydrogen (secondary N) is 2. The molecule has 0 saturated carbocycles. The Morgan fingerprint density at radius 1 is 0.558 bits per heavy atom. The van der Waals surface area contributed by atoms with Gasteiger partial charge in [0, 0.05) is 46.0 Å². The number of unbranched alkanes of at least 4 members (excludes halogenated alkanes) is 10. The Labute approximate surface area is 323 Å². The number of hydrogen-bond donors (Lipinski definition) is 2. The van der Waals surface area contributed by atoms with Crippen molar-refractivity contribution in [3.63, 3.8) is 0 Å². The predicted octanol–water partition coefficient (Wildman–Crippen LogP) is 11.6. The lowest BCUT2D eigenvalue weighted by atomic mass is 9.87. The number of halogens is 2. The van der Waals surface area contributed by atoms with E-state index in [0.29, 0.717) is 71.4 Å². The van der Waals surface area contributed by atoms with E-state index in [1.54, 1.807) is 4.57 Å². The maximum absolute atomic E-state index is 14.9. The number of anilines is 4. The van der Waals surface area contributed by atoms with Crippen molar-refractivity contribution in [1.29, 1.82) is 0 Å². The number of hydrogen-bond acceptors (Lipinski definition) is 5. The molecule has 1 aliphatic heterocycles. The van der Waals surface area contributed by atoms with Gasteiger partial charge in [-0.3, -0.25) is 19.3 Å². The van der Waals surface area contributed by atoms with Crippen molar-refractivity contribution < 1.29 is 9.59 Å². The Bertz CT molecular complexity index is 2050. The van der Waals surface area contributed by atoms with Crippen molar-refractivity contribution >= 4 is 94.5 Å². The lowest BCUT2D eigenvalue weighted by molar-refractivity contribution is 0.0606. The number of nitrogens with zero attached hydrogens (tertiary/aromatic N) is 2. The molecule has 0 atom stereocenters. The fraction of sp³-hybridized carbons (Fsp3) is 0.372. The highest BCUT2D eigenvalue weighted by atomic mass is 79.9. The molecule has 52 heavy (non-hydrogen) atoms. The first-order valence-electron chi connectivity index (χ1n) is 18.9. The van der Waals surface area contributed by atoms with Gasteiger partial charge >= 0.3 is 0 Å². The summed E-state index contributed by atoms with van der Waals surface area (Å²) >= 11 is 7.71. The third-order valence-electron chi connectivity index (χ3n) is 10.2. The first-order valence-corrected chi connectivity index (χ1v) is 20.4. The molecule has 5 aromatic rings. The van der Waals surface area contributed by atoms with E-state index < -0.39 is 0 Å².